The Morgan fingerprint density at radius 3 is 1.23 bits per heavy atom. The molecule has 0 fully saturated rings. The van der Waals surface area contributed by atoms with Gasteiger partial charge in [0.1, 0.15) is 0 Å². The highest BCUT2D eigenvalue weighted by Gasteiger charge is 1.98. The molecule has 3 aromatic carbocycles. The van der Waals surface area contributed by atoms with Crippen LogP contribution in [0.15, 0.2) is 85.4 Å². The molecule has 0 aliphatic carbocycles. The third-order valence-electron chi connectivity index (χ3n) is 3.28. The van der Waals surface area contributed by atoms with Crippen molar-refractivity contribution in [3.63, 3.8) is 0 Å². The van der Waals surface area contributed by atoms with Gasteiger partial charge in [-0.1, -0.05) is 67.3 Å². The van der Waals surface area contributed by atoms with E-state index in [1.807, 2.05) is 84.9 Å². The molecule has 0 radical (unpaired) electrons. The Hall–Kier alpha value is -3.00. The number of aromatic nitrogens is 2. The summed E-state index contributed by atoms with van der Waals surface area (Å²) in [4.78, 5) is 9.03. The van der Waals surface area contributed by atoms with Crippen LogP contribution in [0.1, 0.15) is 5.56 Å². The van der Waals surface area contributed by atoms with E-state index >= 15 is 0 Å². The SMILES string of the molecule is C=Cc1ccccc1.c1ccc2nc3ccccc3nc2c1. The first-order valence-corrected chi connectivity index (χ1v) is 7.16. The first-order chi connectivity index (χ1) is 10.9. The van der Waals surface area contributed by atoms with Crippen molar-refractivity contribution in [3.05, 3.63) is 91.0 Å². The summed E-state index contributed by atoms with van der Waals surface area (Å²) in [5, 5.41) is 0. The molecule has 0 aliphatic heterocycles. The van der Waals surface area contributed by atoms with Crippen LogP contribution in [0.3, 0.4) is 0 Å². The molecule has 2 nitrogen and oxygen atoms in total. The van der Waals surface area contributed by atoms with Gasteiger partial charge in [0.25, 0.3) is 0 Å². The van der Waals surface area contributed by atoms with Crippen molar-refractivity contribution < 1.29 is 0 Å². The smallest absolute Gasteiger partial charge is 0.0894 e. The van der Waals surface area contributed by atoms with Crippen molar-refractivity contribution in [2.45, 2.75) is 0 Å². The van der Waals surface area contributed by atoms with Crippen molar-refractivity contribution in [2.24, 2.45) is 0 Å². The molecule has 1 aromatic heterocycles. The Bertz CT molecular complexity index is 794. The number of fused-ring (bicyclic) bond motifs is 2. The third kappa shape index (κ3) is 3.18. The molecular weight excluding hydrogens is 268 g/mol. The van der Waals surface area contributed by atoms with Gasteiger partial charge in [-0.25, -0.2) is 9.97 Å². The van der Waals surface area contributed by atoms with Crippen LogP contribution >= 0.6 is 0 Å². The summed E-state index contributed by atoms with van der Waals surface area (Å²) in [7, 11) is 0. The predicted octanol–water partition coefficient (Wildman–Crippen LogP) is 5.11. The van der Waals surface area contributed by atoms with Gasteiger partial charge in [0, 0.05) is 0 Å². The summed E-state index contributed by atoms with van der Waals surface area (Å²) < 4.78 is 0. The average molecular weight is 284 g/mol. The zero-order valence-corrected chi connectivity index (χ0v) is 12.2. The van der Waals surface area contributed by atoms with E-state index in [4.69, 9.17) is 0 Å². The molecule has 1 heterocycles. The second kappa shape index (κ2) is 6.64. The monoisotopic (exact) mass is 284 g/mol. The van der Waals surface area contributed by atoms with Crippen molar-refractivity contribution in [1.82, 2.24) is 9.97 Å². The summed E-state index contributed by atoms with van der Waals surface area (Å²) in [6.07, 6.45) is 1.83. The molecule has 0 aliphatic rings. The summed E-state index contributed by atoms with van der Waals surface area (Å²) in [5.41, 5.74) is 4.97. The number of benzene rings is 3. The van der Waals surface area contributed by atoms with Gasteiger partial charge in [-0.05, 0) is 29.8 Å². The van der Waals surface area contributed by atoms with E-state index in [-0.39, 0.29) is 0 Å². The lowest BCUT2D eigenvalue weighted by Gasteiger charge is -1.98. The molecule has 0 saturated heterocycles. The fourth-order valence-electron chi connectivity index (χ4n) is 2.16. The quantitative estimate of drug-likeness (QED) is 0.454. The molecule has 22 heavy (non-hydrogen) atoms. The number of para-hydroxylation sites is 4. The lowest BCUT2D eigenvalue weighted by molar-refractivity contribution is 1.39. The van der Waals surface area contributed by atoms with Crippen molar-refractivity contribution >= 4 is 28.1 Å². The maximum atomic E-state index is 4.52. The normalized spacial score (nSPS) is 10.0. The van der Waals surface area contributed by atoms with E-state index in [0.29, 0.717) is 0 Å². The zero-order chi connectivity index (χ0) is 15.2. The van der Waals surface area contributed by atoms with E-state index in [0.717, 1.165) is 22.1 Å². The summed E-state index contributed by atoms with van der Waals surface area (Å²) in [6.45, 7) is 3.63. The standard InChI is InChI=1S/C12H8N2.C8H8/c1-2-6-10-9(5-1)13-11-7-3-4-8-12(11)14-10;1-2-8-6-4-3-5-7-8/h1-8H;2-7H,1H2. The molecule has 4 rings (SSSR count). The molecule has 0 bridgehead atoms. The highest BCUT2D eigenvalue weighted by molar-refractivity contribution is 5.85. The topological polar surface area (TPSA) is 25.8 Å². The first kappa shape index (κ1) is 14.0. The van der Waals surface area contributed by atoms with Gasteiger partial charge in [0.2, 0.25) is 0 Å². The van der Waals surface area contributed by atoms with E-state index in [9.17, 15) is 0 Å². The molecule has 0 atom stereocenters. The van der Waals surface area contributed by atoms with E-state index in [1.54, 1.807) is 0 Å². The Labute approximate surface area is 129 Å². The second-order valence-electron chi connectivity index (χ2n) is 4.82. The highest BCUT2D eigenvalue weighted by atomic mass is 14.8. The van der Waals surface area contributed by atoms with Gasteiger partial charge >= 0.3 is 0 Å². The van der Waals surface area contributed by atoms with Crippen LogP contribution in [0.4, 0.5) is 0 Å². The number of hydrogen-bond acceptors (Lipinski definition) is 2. The average Bonchev–Trinajstić information content (AvgIpc) is 2.61. The van der Waals surface area contributed by atoms with E-state index in [1.165, 1.54) is 5.56 Å². The maximum Gasteiger partial charge on any atom is 0.0894 e. The molecule has 0 unspecified atom stereocenters. The number of hydrogen-bond donors (Lipinski definition) is 0. The highest BCUT2D eigenvalue weighted by Crippen LogP contribution is 2.14. The molecule has 0 N–H and O–H groups in total. The van der Waals surface area contributed by atoms with Crippen molar-refractivity contribution in [1.29, 1.82) is 0 Å². The van der Waals surface area contributed by atoms with Gasteiger partial charge in [-0.15, -0.1) is 0 Å². The Morgan fingerprint density at radius 1 is 0.545 bits per heavy atom. The molecule has 4 aromatic rings. The summed E-state index contributed by atoms with van der Waals surface area (Å²) >= 11 is 0. The Kier molecular flexibility index (Phi) is 4.21. The van der Waals surface area contributed by atoms with E-state index < -0.39 is 0 Å². The molecule has 0 saturated carbocycles. The zero-order valence-electron chi connectivity index (χ0n) is 12.2. The van der Waals surface area contributed by atoms with Crippen LogP contribution in [-0.4, -0.2) is 9.97 Å². The van der Waals surface area contributed by atoms with Crippen LogP contribution in [0.2, 0.25) is 0 Å². The summed E-state index contributed by atoms with van der Waals surface area (Å²) in [6, 6.07) is 25.9. The largest absolute Gasteiger partial charge is 0.245 e. The van der Waals surface area contributed by atoms with Crippen molar-refractivity contribution in [2.75, 3.05) is 0 Å². The minimum atomic E-state index is 0.950. The van der Waals surface area contributed by atoms with Crippen molar-refractivity contribution in [3.8, 4) is 0 Å². The van der Waals surface area contributed by atoms with Gasteiger partial charge < -0.3 is 0 Å². The Balaban J connectivity index is 0.000000154. The van der Waals surface area contributed by atoms with Crippen LogP contribution in [0, 0.1) is 0 Å². The lowest BCUT2D eigenvalue weighted by atomic mass is 10.2. The molecular formula is C20H16N2. The second-order valence-corrected chi connectivity index (χ2v) is 4.82. The third-order valence-corrected chi connectivity index (χ3v) is 3.28. The fraction of sp³-hybridized carbons (Fsp3) is 0. The molecule has 2 heteroatoms. The predicted molar refractivity (Wildman–Crippen MR) is 93.6 cm³/mol. The molecule has 106 valence electrons. The fourth-order valence-corrected chi connectivity index (χ4v) is 2.16. The van der Waals surface area contributed by atoms with E-state index in [2.05, 4.69) is 16.5 Å². The molecule has 0 spiro atoms. The van der Waals surface area contributed by atoms with Crippen LogP contribution in [-0.2, 0) is 0 Å². The Morgan fingerprint density at radius 2 is 0.909 bits per heavy atom. The molecule has 0 amide bonds. The van der Waals surface area contributed by atoms with Crippen LogP contribution in [0.5, 0.6) is 0 Å². The minimum absolute atomic E-state index is 0.950. The van der Waals surface area contributed by atoms with Gasteiger partial charge in [-0.3, -0.25) is 0 Å². The van der Waals surface area contributed by atoms with Gasteiger partial charge in [0.05, 0.1) is 22.1 Å². The maximum absolute atomic E-state index is 4.52. The lowest BCUT2D eigenvalue weighted by Crippen LogP contribution is -1.85. The van der Waals surface area contributed by atoms with Crippen LogP contribution < -0.4 is 0 Å². The van der Waals surface area contributed by atoms with Crippen LogP contribution in [0.25, 0.3) is 28.1 Å². The summed E-state index contributed by atoms with van der Waals surface area (Å²) in [5.74, 6) is 0. The van der Waals surface area contributed by atoms with Gasteiger partial charge in [-0.2, -0.15) is 0 Å². The number of nitrogens with zero attached hydrogens (tertiary/aromatic N) is 2. The first-order valence-electron chi connectivity index (χ1n) is 7.16. The number of rotatable bonds is 1. The minimum Gasteiger partial charge on any atom is -0.245 e. The van der Waals surface area contributed by atoms with Gasteiger partial charge in [0.15, 0.2) is 0 Å².